The maximum atomic E-state index is 13.1. The minimum absolute atomic E-state index is 0.0560. The van der Waals surface area contributed by atoms with Gasteiger partial charge in [-0.05, 0) is 37.5 Å². The largest absolute Gasteiger partial charge is 0.455 e. The Morgan fingerprint density at radius 1 is 1.10 bits per heavy atom. The highest BCUT2D eigenvalue weighted by Crippen LogP contribution is 2.38. The van der Waals surface area contributed by atoms with Crippen LogP contribution in [0, 0.1) is 12.3 Å². The molecular weight excluding hydrogens is 388 g/mol. The number of furan rings is 1. The molecule has 0 aliphatic heterocycles. The van der Waals surface area contributed by atoms with E-state index in [2.05, 4.69) is 28.9 Å². The Morgan fingerprint density at radius 2 is 1.84 bits per heavy atom. The fourth-order valence-electron chi connectivity index (χ4n) is 4.95. The number of carbonyl (C=O) groups is 2. The maximum Gasteiger partial charge on any atom is 0.291 e. The topological polar surface area (TPSA) is 64.2 Å². The first-order valence-corrected chi connectivity index (χ1v) is 10.8. The van der Waals surface area contributed by atoms with Gasteiger partial charge in [0.05, 0.1) is 11.1 Å². The molecule has 2 aromatic heterocycles. The number of Topliss-reactive ketones (excluding diaryl/α,β-unsaturated/α-hetero) is 1. The number of anilines is 1. The molecule has 4 aromatic rings. The number of nitrogens with zero attached hydrogens (tertiary/aromatic N) is 1. The van der Waals surface area contributed by atoms with Crippen LogP contribution in [0.15, 0.2) is 46.9 Å². The molecular formula is C26H26N2O3. The highest BCUT2D eigenvalue weighted by Gasteiger charge is 2.37. The number of carbonyl (C=O) groups excluding carboxylic acids is 2. The molecule has 158 valence electrons. The van der Waals surface area contributed by atoms with Gasteiger partial charge in [-0.2, -0.15) is 0 Å². The normalized spacial score (nSPS) is 15.4. The van der Waals surface area contributed by atoms with Crippen molar-refractivity contribution in [3.05, 3.63) is 65.1 Å². The van der Waals surface area contributed by atoms with Gasteiger partial charge >= 0.3 is 0 Å². The first kappa shape index (κ1) is 19.6. The lowest BCUT2D eigenvalue weighted by molar-refractivity contribution is 0.0898. The Balaban J connectivity index is 1.52. The van der Waals surface area contributed by atoms with Gasteiger partial charge in [0.25, 0.3) is 5.91 Å². The fourth-order valence-corrected chi connectivity index (χ4v) is 4.95. The van der Waals surface area contributed by atoms with E-state index in [1.807, 2.05) is 44.2 Å². The third kappa shape index (κ3) is 3.07. The van der Waals surface area contributed by atoms with Crippen molar-refractivity contribution in [3.63, 3.8) is 0 Å². The van der Waals surface area contributed by atoms with Crippen LogP contribution in [0.25, 0.3) is 21.8 Å². The quantitative estimate of drug-likeness (QED) is 0.439. The summed E-state index contributed by atoms with van der Waals surface area (Å²) in [5.74, 6) is 0.592. The number of aromatic nitrogens is 1. The third-order valence-corrected chi connectivity index (χ3v) is 6.33. The van der Waals surface area contributed by atoms with Crippen molar-refractivity contribution in [1.29, 1.82) is 0 Å². The molecule has 0 spiro atoms. The zero-order chi connectivity index (χ0) is 21.9. The summed E-state index contributed by atoms with van der Waals surface area (Å²) in [7, 11) is 0. The first-order chi connectivity index (χ1) is 14.8. The fraction of sp³-hybridized carbons (Fsp3) is 0.308. The highest BCUT2D eigenvalue weighted by molar-refractivity contribution is 6.11. The molecule has 31 heavy (non-hydrogen) atoms. The minimum Gasteiger partial charge on any atom is -0.455 e. The predicted octanol–water partition coefficient (Wildman–Crippen LogP) is 6.12. The van der Waals surface area contributed by atoms with E-state index in [0.717, 1.165) is 17.4 Å². The summed E-state index contributed by atoms with van der Waals surface area (Å²) < 4.78 is 8.17. The lowest BCUT2D eigenvalue weighted by atomic mass is 9.76. The van der Waals surface area contributed by atoms with Crippen molar-refractivity contribution in [2.45, 2.75) is 47.1 Å². The Hall–Kier alpha value is -3.34. The van der Waals surface area contributed by atoms with Gasteiger partial charge in [0.2, 0.25) is 0 Å². The van der Waals surface area contributed by atoms with Crippen molar-refractivity contribution >= 4 is 39.2 Å². The number of ketones is 1. The summed E-state index contributed by atoms with van der Waals surface area (Å²) in [6, 6.07) is 14.3. The molecule has 2 aromatic carbocycles. The third-order valence-electron chi connectivity index (χ3n) is 6.33. The number of hydrogen-bond acceptors (Lipinski definition) is 3. The summed E-state index contributed by atoms with van der Waals surface area (Å²) in [4.78, 5) is 25.7. The Bertz CT molecular complexity index is 1370. The Kier molecular flexibility index (Phi) is 4.33. The summed E-state index contributed by atoms with van der Waals surface area (Å²) in [6.07, 6.45) is 1.13. The van der Waals surface area contributed by atoms with Crippen LogP contribution < -0.4 is 5.32 Å². The molecule has 1 aliphatic carbocycles. The van der Waals surface area contributed by atoms with Crippen LogP contribution in [0.3, 0.4) is 0 Å². The number of amides is 1. The molecule has 0 fully saturated rings. The van der Waals surface area contributed by atoms with Crippen LogP contribution in [0.2, 0.25) is 0 Å². The van der Waals surface area contributed by atoms with Crippen LogP contribution in [0.4, 0.5) is 5.69 Å². The molecule has 1 N–H and O–H groups in total. The van der Waals surface area contributed by atoms with Crippen LogP contribution in [0.1, 0.15) is 59.4 Å². The molecule has 0 unspecified atom stereocenters. The van der Waals surface area contributed by atoms with Crippen LogP contribution in [0.5, 0.6) is 0 Å². The standard InChI is InChI=1S/C26H26N2O3/c1-5-28-19-9-7-6-8-17(19)18-11-10-16(12-20(18)28)27-25(30)24-15(2)23-21(29)13-26(3,4)14-22(23)31-24/h6-12H,5,13-14H2,1-4H3,(H,27,30). The average molecular weight is 415 g/mol. The van der Waals surface area contributed by atoms with Crippen LogP contribution in [-0.4, -0.2) is 16.3 Å². The van der Waals surface area contributed by atoms with Crippen molar-refractivity contribution in [1.82, 2.24) is 4.57 Å². The van der Waals surface area contributed by atoms with E-state index in [1.54, 1.807) is 6.92 Å². The summed E-state index contributed by atoms with van der Waals surface area (Å²) in [6.45, 7) is 8.85. The summed E-state index contributed by atoms with van der Waals surface area (Å²) in [5, 5.41) is 5.34. The average Bonchev–Trinajstić information content (AvgIpc) is 3.21. The molecule has 1 aliphatic rings. The van der Waals surface area contributed by atoms with Gasteiger partial charge in [-0.3, -0.25) is 9.59 Å². The number of nitrogens with one attached hydrogen (secondary N) is 1. The second-order valence-electron chi connectivity index (χ2n) is 9.24. The molecule has 2 heterocycles. The summed E-state index contributed by atoms with van der Waals surface area (Å²) in [5.41, 5.74) is 4.03. The number of aryl methyl sites for hydroxylation is 1. The van der Waals surface area contributed by atoms with E-state index in [0.29, 0.717) is 35.4 Å². The van der Waals surface area contributed by atoms with E-state index >= 15 is 0 Å². The number of hydrogen-bond donors (Lipinski definition) is 1. The lowest BCUT2D eigenvalue weighted by Gasteiger charge is -2.27. The van der Waals surface area contributed by atoms with Gasteiger partial charge in [-0.15, -0.1) is 0 Å². The van der Waals surface area contributed by atoms with Crippen molar-refractivity contribution in [2.75, 3.05) is 5.32 Å². The minimum atomic E-state index is -0.323. The van der Waals surface area contributed by atoms with Gasteiger partial charge in [0, 0.05) is 46.9 Å². The van der Waals surface area contributed by atoms with Crippen molar-refractivity contribution in [2.24, 2.45) is 5.41 Å². The predicted molar refractivity (Wildman–Crippen MR) is 123 cm³/mol. The van der Waals surface area contributed by atoms with E-state index in [1.165, 1.54) is 10.9 Å². The van der Waals surface area contributed by atoms with Gasteiger partial charge in [-0.25, -0.2) is 0 Å². The molecule has 5 heteroatoms. The van der Waals surface area contributed by atoms with Crippen molar-refractivity contribution < 1.29 is 14.0 Å². The first-order valence-electron chi connectivity index (χ1n) is 10.8. The van der Waals surface area contributed by atoms with Gasteiger partial charge in [0.1, 0.15) is 5.76 Å². The smallest absolute Gasteiger partial charge is 0.291 e. The zero-order valence-corrected chi connectivity index (χ0v) is 18.3. The number of benzene rings is 2. The molecule has 1 amide bonds. The van der Waals surface area contributed by atoms with E-state index in [4.69, 9.17) is 4.42 Å². The molecule has 0 bridgehead atoms. The number of rotatable bonds is 3. The Morgan fingerprint density at radius 3 is 2.61 bits per heavy atom. The monoisotopic (exact) mass is 414 g/mol. The second kappa shape index (κ2) is 6.84. The molecule has 0 saturated carbocycles. The zero-order valence-electron chi connectivity index (χ0n) is 18.3. The summed E-state index contributed by atoms with van der Waals surface area (Å²) >= 11 is 0. The van der Waals surface area contributed by atoms with E-state index in [-0.39, 0.29) is 22.9 Å². The van der Waals surface area contributed by atoms with Gasteiger partial charge < -0.3 is 14.3 Å². The molecule has 0 atom stereocenters. The molecule has 5 rings (SSSR count). The van der Waals surface area contributed by atoms with Crippen LogP contribution >= 0.6 is 0 Å². The van der Waals surface area contributed by atoms with Gasteiger partial charge in [0.15, 0.2) is 11.5 Å². The SMILES string of the molecule is CCn1c2ccccc2c2ccc(NC(=O)c3oc4c(c3C)C(=O)CC(C)(C)C4)cc21. The van der Waals surface area contributed by atoms with Gasteiger partial charge in [-0.1, -0.05) is 38.1 Å². The van der Waals surface area contributed by atoms with Crippen LogP contribution in [-0.2, 0) is 13.0 Å². The maximum absolute atomic E-state index is 13.1. The van der Waals surface area contributed by atoms with E-state index < -0.39 is 0 Å². The highest BCUT2D eigenvalue weighted by atomic mass is 16.4. The molecule has 5 nitrogen and oxygen atoms in total. The number of para-hydroxylation sites is 1. The Labute approximate surface area is 181 Å². The molecule has 0 saturated heterocycles. The van der Waals surface area contributed by atoms with Crippen molar-refractivity contribution in [3.8, 4) is 0 Å². The lowest BCUT2D eigenvalue weighted by Crippen LogP contribution is -2.26. The second-order valence-corrected chi connectivity index (χ2v) is 9.24. The molecule has 0 radical (unpaired) electrons. The van der Waals surface area contributed by atoms with E-state index in [9.17, 15) is 9.59 Å². The number of fused-ring (bicyclic) bond motifs is 4.